The molecule has 0 aromatic heterocycles. The van der Waals surface area contributed by atoms with Crippen LogP contribution in [0.4, 0.5) is 13.6 Å². The number of nitrogens with two attached hydrogens (primary N) is 1. The molecule has 0 radical (unpaired) electrons. The number of halogens is 2. The van der Waals surface area contributed by atoms with E-state index in [1.54, 1.807) is 0 Å². The number of amides is 3. The van der Waals surface area contributed by atoms with Gasteiger partial charge in [0.2, 0.25) is 5.91 Å². The highest BCUT2D eigenvalue weighted by Crippen LogP contribution is 2.12. The largest absolute Gasteiger partial charge is 0.351 e. The Labute approximate surface area is 108 Å². The number of carbonyl (C=O) groups excluding carboxylic acids is 2. The van der Waals surface area contributed by atoms with E-state index in [-0.39, 0.29) is 18.0 Å². The number of primary amides is 1. The molecule has 7 heteroatoms. The van der Waals surface area contributed by atoms with Gasteiger partial charge >= 0.3 is 6.03 Å². The summed E-state index contributed by atoms with van der Waals surface area (Å²) in [5.41, 5.74) is 5.04. The molecule has 0 saturated carbocycles. The third-order valence-electron chi connectivity index (χ3n) is 2.94. The van der Waals surface area contributed by atoms with Gasteiger partial charge in [0.1, 0.15) is 0 Å². The molecule has 3 N–H and O–H groups in total. The molecule has 1 fully saturated rings. The van der Waals surface area contributed by atoms with E-state index in [1.165, 1.54) is 17.0 Å². The molecule has 102 valence electrons. The van der Waals surface area contributed by atoms with Crippen molar-refractivity contribution in [3.05, 3.63) is 35.4 Å². The van der Waals surface area contributed by atoms with Crippen LogP contribution in [0.3, 0.4) is 0 Å². The van der Waals surface area contributed by atoms with Gasteiger partial charge in [0, 0.05) is 18.7 Å². The average Bonchev–Trinajstić information content (AvgIpc) is 2.28. The Hall–Kier alpha value is -2.18. The summed E-state index contributed by atoms with van der Waals surface area (Å²) in [6, 6.07) is 2.97. The van der Waals surface area contributed by atoms with Crippen LogP contribution in [0.1, 0.15) is 5.56 Å². The first-order valence-electron chi connectivity index (χ1n) is 5.74. The fourth-order valence-corrected chi connectivity index (χ4v) is 1.89. The maximum Gasteiger partial charge on any atom is 0.314 e. The van der Waals surface area contributed by atoms with E-state index in [4.69, 9.17) is 5.73 Å². The summed E-state index contributed by atoms with van der Waals surface area (Å²) in [7, 11) is 0. The van der Waals surface area contributed by atoms with Gasteiger partial charge in [-0.25, -0.2) is 13.6 Å². The van der Waals surface area contributed by atoms with Gasteiger partial charge in [-0.15, -0.1) is 0 Å². The average molecular weight is 269 g/mol. The first-order valence-corrected chi connectivity index (χ1v) is 5.74. The quantitative estimate of drug-likeness (QED) is 0.832. The molecule has 1 heterocycles. The lowest BCUT2D eigenvalue weighted by Gasteiger charge is -2.38. The second-order valence-corrected chi connectivity index (χ2v) is 4.40. The van der Waals surface area contributed by atoms with Crippen molar-refractivity contribution in [1.82, 2.24) is 10.2 Å². The smallest absolute Gasteiger partial charge is 0.314 e. The first-order chi connectivity index (χ1) is 8.97. The van der Waals surface area contributed by atoms with Crippen LogP contribution in [0, 0.1) is 11.6 Å². The lowest BCUT2D eigenvalue weighted by Crippen LogP contribution is -2.62. The van der Waals surface area contributed by atoms with Crippen molar-refractivity contribution >= 4 is 11.9 Å². The normalized spacial score (nSPS) is 14.9. The third-order valence-corrected chi connectivity index (χ3v) is 2.94. The van der Waals surface area contributed by atoms with Crippen LogP contribution in [0.5, 0.6) is 0 Å². The van der Waals surface area contributed by atoms with Crippen LogP contribution >= 0.6 is 0 Å². The molecule has 0 atom stereocenters. The van der Waals surface area contributed by atoms with E-state index in [0.717, 1.165) is 6.07 Å². The second-order valence-electron chi connectivity index (χ2n) is 4.40. The summed E-state index contributed by atoms with van der Waals surface area (Å²) < 4.78 is 26.3. The molecule has 0 unspecified atom stereocenters. The molecule has 5 nitrogen and oxygen atoms in total. The molecule has 0 bridgehead atoms. The zero-order valence-corrected chi connectivity index (χ0v) is 10.0. The van der Waals surface area contributed by atoms with Crippen molar-refractivity contribution in [3.8, 4) is 0 Å². The molecular weight excluding hydrogens is 256 g/mol. The van der Waals surface area contributed by atoms with Crippen molar-refractivity contribution in [1.29, 1.82) is 0 Å². The number of hydrogen-bond acceptors (Lipinski definition) is 2. The monoisotopic (exact) mass is 269 g/mol. The maximum atomic E-state index is 13.3. The topological polar surface area (TPSA) is 75.4 Å². The summed E-state index contributed by atoms with van der Waals surface area (Å²) in [6.45, 7) is 0.680. The van der Waals surface area contributed by atoms with Gasteiger partial charge in [-0.1, -0.05) is 12.1 Å². The second kappa shape index (κ2) is 5.21. The minimum atomic E-state index is -1.01. The van der Waals surface area contributed by atoms with E-state index < -0.39 is 23.6 Å². The number of hydrogen-bond donors (Lipinski definition) is 2. The Balaban J connectivity index is 1.86. The molecule has 19 heavy (non-hydrogen) atoms. The van der Waals surface area contributed by atoms with Gasteiger partial charge in [0.25, 0.3) is 0 Å². The third kappa shape index (κ3) is 2.98. The van der Waals surface area contributed by atoms with Gasteiger partial charge in [-0.2, -0.15) is 0 Å². The molecule has 1 aliphatic heterocycles. The lowest BCUT2D eigenvalue weighted by molar-refractivity contribution is -0.122. The number of benzene rings is 1. The number of carbonyl (C=O) groups is 2. The zero-order chi connectivity index (χ0) is 14.0. The van der Waals surface area contributed by atoms with Crippen LogP contribution in [-0.4, -0.2) is 36.0 Å². The zero-order valence-electron chi connectivity index (χ0n) is 10.0. The van der Waals surface area contributed by atoms with Crippen LogP contribution in [0.15, 0.2) is 18.2 Å². The highest BCUT2D eigenvalue weighted by atomic mass is 19.2. The highest BCUT2D eigenvalue weighted by molar-refractivity contribution is 5.80. The van der Waals surface area contributed by atoms with Crippen molar-refractivity contribution in [3.63, 3.8) is 0 Å². The Morgan fingerprint density at radius 2 is 2.05 bits per heavy atom. The minimum Gasteiger partial charge on any atom is -0.351 e. The summed E-state index contributed by atoms with van der Waals surface area (Å²) in [5, 5.41) is 2.62. The fourth-order valence-electron chi connectivity index (χ4n) is 1.89. The molecule has 1 saturated heterocycles. The molecule has 3 amide bonds. The van der Waals surface area contributed by atoms with Crippen molar-refractivity contribution in [2.75, 3.05) is 13.1 Å². The Morgan fingerprint density at radius 1 is 1.37 bits per heavy atom. The summed E-state index contributed by atoms with van der Waals surface area (Å²) in [4.78, 5) is 23.7. The van der Waals surface area contributed by atoms with E-state index in [0.29, 0.717) is 13.1 Å². The van der Waals surface area contributed by atoms with Crippen LogP contribution < -0.4 is 11.1 Å². The number of nitrogens with one attached hydrogen (secondary N) is 1. The van der Waals surface area contributed by atoms with E-state index in [9.17, 15) is 18.4 Å². The van der Waals surface area contributed by atoms with Crippen molar-refractivity contribution in [2.45, 2.75) is 12.5 Å². The Bertz CT molecular complexity index is 516. The molecule has 1 aliphatic rings. The highest BCUT2D eigenvalue weighted by Gasteiger charge is 2.30. The number of urea groups is 1. The van der Waals surface area contributed by atoms with Crippen LogP contribution in [0.2, 0.25) is 0 Å². The Kier molecular flexibility index (Phi) is 3.64. The predicted molar refractivity (Wildman–Crippen MR) is 63.1 cm³/mol. The van der Waals surface area contributed by atoms with Gasteiger partial charge in [0.05, 0.1) is 12.5 Å². The van der Waals surface area contributed by atoms with Gasteiger partial charge in [-0.05, 0) is 6.07 Å². The molecule has 0 aliphatic carbocycles. The molecule has 2 rings (SSSR count). The minimum absolute atomic E-state index is 0.00332. The van der Waals surface area contributed by atoms with Gasteiger partial charge in [-0.3, -0.25) is 4.79 Å². The summed E-state index contributed by atoms with van der Waals surface area (Å²) in [5.74, 6) is -2.41. The van der Waals surface area contributed by atoms with E-state index in [2.05, 4.69) is 5.32 Å². The summed E-state index contributed by atoms with van der Waals surface area (Å²) >= 11 is 0. The predicted octanol–water partition coefficient (Wildman–Crippen LogP) is 0.386. The lowest BCUT2D eigenvalue weighted by atomic mass is 10.1. The molecule has 0 spiro atoms. The number of rotatable bonds is 3. The molecule has 1 aromatic rings. The van der Waals surface area contributed by atoms with E-state index in [1.807, 2.05) is 0 Å². The number of likely N-dealkylation sites (tertiary alicyclic amines) is 1. The first kappa shape index (κ1) is 13.3. The maximum absolute atomic E-state index is 13.3. The Morgan fingerprint density at radius 3 is 2.68 bits per heavy atom. The molecular formula is C12H13F2N3O2. The standard InChI is InChI=1S/C12H13F2N3O2/c13-9-3-1-2-7(11(9)14)4-10(18)16-8-5-17(6-8)12(15)19/h1-3,8H,4-6H2,(H2,15,19)(H,16,18). The fraction of sp³-hybridized carbons (Fsp3) is 0.333. The van der Waals surface area contributed by atoms with Gasteiger partial charge in [0.15, 0.2) is 11.6 Å². The SMILES string of the molecule is NC(=O)N1CC(NC(=O)Cc2cccc(F)c2F)C1. The number of nitrogens with zero attached hydrogens (tertiary/aromatic N) is 1. The van der Waals surface area contributed by atoms with Crippen LogP contribution in [0.25, 0.3) is 0 Å². The van der Waals surface area contributed by atoms with Crippen LogP contribution in [-0.2, 0) is 11.2 Å². The summed E-state index contributed by atoms with van der Waals surface area (Å²) in [6.07, 6.45) is -0.239. The van der Waals surface area contributed by atoms with Crippen molar-refractivity contribution < 1.29 is 18.4 Å². The van der Waals surface area contributed by atoms with E-state index >= 15 is 0 Å². The molecule has 1 aromatic carbocycles. The van der Waals surface area contributed by atoms with Gasteiger partial charge < -0.3 is 16.0 Å². The van der Waals surface area contributed by atoms with Crippen molar-refractivity contribution in [2.24, 2.45) is 5.73 Å².